The Labute approximate surface area is 144 Å². The van der Waals surface area contributed by atoms with E-state index < -0.39 is 0 Å². The second-order valence-electron chi connectivity index (χ2n) is 5.84. The molecule has 122 valence electrons. The van der Waals surface area contributed by atoms with Crippen molar-refractivity contribution in [1.29, 1.82) is 0 Å². The zero-order valence-corrected chi connectivity index (χ0v) is 13.8. The minimum atomic E-state index is -0.0908. The highest BCUT2D eigenvalue weighted by molar-refractivity contribution is 6.30. The van der Waals surface area contributed by atoms with Gasteiger partial charge in [-0.05, 0) is 24.3 Å². The van der Waals surface area contributed by atoms with Crippen LogP contribution in [0.1, 0.15) is 0 Å². The van der Waals surface area contributed by atoms with Crippen LogP contribution < -0.4 is 15.8 Å². The van der Waals surface area contributed by atoms with Crippen molar-refractivity contribution in [3.63, 3.8) is 0 Å². The molecule has 1 aromatic carbocycles. The molecule has 0 unspecified atom stereocenters. The number of benzene rings is 1. The maximum atomic E-state index is 12.6. The lowest BCUT2D eigenvalue weighted by Crippen LogP contribution is -2.43. The Balaban J connectivity index is 1.78. The van der Waals surface area contributed by atoms with Gasteiger partial charge in [0.05, 0.1) is 11.4 Å². The molecule has 0 spiro atoms. The van der Waals surface area contributed by atoms with Crippen LogP contribution in [0.2, 0.25) is 5.02 Å². The average Bonchev–Trinajstić information content (AvgIpc) is 2.62. The molecule has 0 radical (unpaired) electrons. The molecule has 0 bridgehead atoms. The average molecular weight is 341 g/mol. The van der Waals surface area contributed by atoms with Crippen molar-refractivity contribution in [2.75, 3.05) is 31.1 Å². The summed E-state index contributed by atoms with van der Waals surface area (Å²) in [7, 11) is 0. The van der Waals surface area contributed by atoms with Crippen molar-refractivity contribution in [3.8, 4) is 11.3 Å². The van der Waals surface area contributed by atoms with Crippen molar-refractivity contribution < 1.29 is 0 Å². The fraction of sp³-hybridized carbons (Fsp3) is 0.222. The van der Waals surface area contributed by atoms with Crippen LogP contribution in [0, 0.1) is 0 Å². The third-order valence-electron chi connectivity index (χ3n) is 4.25. The van der Waals surface area contributed by atoms with Gasteiger partial charge in [-0.1, -0.05) is 23.7 Å². The molecule has 1 N–H and O–H groups in total. The highest BCUT2D eigenvalue weighted by Gasteiger charge is 2.12. The highest BCUT2D eigenvalue weighted by atomic mass is 35.5. The van der Waals surface area contributed by atoms with E-state index in [2.05, 4.69) is 15.2 Å². The van der Waals surface area contributed by atoms with E-state index >= 15 is 0 Å². The smallest absolute Gasteiger partial charge is 0.258 e. The van der Waals surface area contributed by atoms with Crippen molar-refractivity contribution >= 4 is 22.9 Å². The Morgan fingerprint density at radius 1 is 1.08 bits per heavy atom. The number of aromatic nitrogens is 2. The fourth-order valence-corrected chi connectivity index (χ4v) is 3.19. The summed E-state index contributed by atoms with van der Waals surface area (Å²) >= 11 is 6.04. The first-order chi connectivity index (χ1) is 11.7. The van der Waals surface area contributed by atoms with E-state index in [0.717, 1.165) is 37.4 Å². The number of fused-ring (bicyclic) bond motifs is 1. The van der Waals surface area contributed by atoms with E-state index in [0.29, 0.717) is 16.4 Å². The van der Waals surface area contributed by atoms with Gasteiger partial charge in [0.25, 0.3) is 5.56 Å². The van der Waals surface area contributed by atoms with Gasteiger partial charge in [0, 0.05) is 49.0 Å². The van der Waals surface area contributed by atoms with Gasteiger partial charge in [-0.25, -0.2) is 4.98 Å². The third-order valence-corrected chi connectivity index (χ3v) is 4.48. The molecular formula is C18H17ClN4O. The van der Waals surface area contributed by atoms with E-state index in [1.54, 1.807) is 16.5 Å². The molecule has 5 nitrogen and oxygen atoms in total. The van der Waals surface area contributed by atoms with Crippen molar-refractivity contribution in [2.45, 2.75) is 0 Å². The molecule has 6 heteroatoms. The first-order valence-electron chi connectivity index (χ1n) is 7.96. The van der Waals surface area contributed by atoms with Crippen LogP contribution in [0.15, 0.2) is 53.5 Å². The summed E-state index contributed by atoms with van der Waals surface area (Å²) < 4.78 is 1.60. The molecule has 0 saturated carbocycles. The lowest BCUT2D eigenvalue weighted by atomic mass is 10.1. The number of halogens is 1. The largest absolute Gasteiger partial charge is 0.368 e. The fourth-order valence-electron chi connectivity index (χ4n) is 3.00. The van der Waals surface area contributed by atoms with E-state index in [4.69, 9.17) is 11.6 Å². The van der Waals surface area contributed by atoms with E-state index in [-0.39, 0.29) is 5.56 Å². The number of hydrogen-bond acceptors (Lipinski definition) is 4. The molecule has 0 aliphatic carbocycles. The summed E-state index contributed by atoms with van der Waals surface area (Å²) in [6.45, 7) is 3.79. The topological polar surface area (TPSA) is 49.6 Å². The molecule has 0 atom stereocenters. The van der Waals surface area contributed by atoms with Crippen LogP contribution in [0.3, 0.4) is 0 Å². The van der Waals surface area contributed by atoms with Crippen LogP contribution in [-0.2, 0) is 0 Å². The molecule has 1 aliphatic rings. The van der Waals surface area contributed by atoms with E-state index in [1.165, 1.54) is 0 Å². The van der Waals surface area contributed by atoms with Crippen LogP contribution in [0.25, 0.3) is 16.9 Å². The summed E-state index contributed by atoms with van der Waals surface area (Å²) in [4.78, 5) is 19.4. The molecule has 1 aliphatic heterocycles. The zero-order valence-electron chi connectivity index (χ0n) is 13.1. The van der Waals surface area contributed by atoms with Gasteiger partial charge in [0.15, 0.2) is 0 Å². The summed E-state index contributed by atoms with van der Waals surface area (Å²) in [5.41, 5.74) is 3.07. The maximum absolute atomic E-state index is 12.6. The molecule has 0 amide bonds. The molecule has 2 aromatic heterocycles. The minimum absolute atomic E-state index is 0.0908. The van der Waals surface area contributed by atoms with E-state index in [9.17, 15) is 4.79 Å². The Morgan fingerprint density at radius 3 is 2.71 bits per heavy atom. The number of nitrogens with zero attached hydrogens (tertiary/aromatic N) is 3. The van der Waals surface area contributed by atoms with Gasteiger partial charge in [0.1, 0.15) is 5.65 Å². The normalized spacial score (nSPS) is 15.0. The van der Waals surface area contributed by atoms with Crippen LogP contribution >= 0.6 is 11.6 Å². The quantitative estimate of drug-likeness (QED) is 0.778. The standard InChI is InChI=1S/C18H17ClN4O/c19-14-3-1-2-13(10-14)16-11-18(24)23-12-15(4-5-17(23)21-16)22-8-6-20-7-9-22/h1-5,10-12,20H,6-9H2. The predicted molar refractivity (Wildman–Crippen MR) is 97.0 cm³/mol. The summed E-state index contributed by atoms with van der Waals surface area (Å²) in [5, 5.41) is 3.96. The van der Waals surface area contributed by atoms with Gasteiger partial charge in [-0.2, -0.15) is 0 Å². The number of nitrogens with one attached hydrogen (secondary N) is 1. The van der Waals surface area contributed by atoms with Crippen molar-refractivity contribution in [2.24, 2.45) is 0 Å². The SMILES string of the molecule is O=c1cc(-c2cccc(Cl)c2)nc2ccc(N3CCNCC3)cn12. The number of rotatable bonds is 2. The summed E-state index contributed by atoms with van der Waals surface area (Å²) in [6, 6.07) is 12.9. The zero-order chi connectivity index (χ0) is 16.5. The number of hydrogen-bond donors (Lipinski definition) is 1. The van der Waals surface area contributed by atoms with Crippen molar-refractivity contribution in [3.05, 3.63) is 64.0 Å². The first-order valence-corrected chi connectivity index (χ1v) is 8.33. The first kappa shape index (κ1) is 15.2. The van der Waals surface area contributed by atoms with Crippen LogP contribution in [0.4, 0.5) is 5.69 Å². The Hall–Kier alpha value is -2.37. The lowest BCUT2D eigenvalue weighted by molar-refractivity contribution is 0.588. The van der Waals surface area contributed by atoms with Gasteiger partial charge < -0.3 is 10.2 Å². The summed E-state index contributed by atoms with van der Waals surface area (Å²) in [6.07, 6.45) is 1.87. The number of piperazine rings is 1. The second kappa shape index (κ2) is 6.26. The molecule has 24 heavy (non-hydrogen) atoms. The van der Waals surface area contributed by atoms with Crippen LogP contribution in [-0.4, -0.2) is 35.6 Å². The van der Waals surface area contributed by atoms with Gasteiger partial charge in [-0.15, -0.1) is 0 Å². The highest BCUT2D eigenvalue weighted by Crippen LogP contribution is 2.21. The molecule has 3 heterocycles. The van der Waals surface area contributed by atoms with Gasteiger partial charge in [0.2, 0.25) is 0 Å². The van der Waals surface area contributed by atoms with Gasteiger partial charge in [-0.3, -0.25) is 9.20 Å². The van der Waals surface area contributed by atoms with Crippen LogP contribution in [0.5, 0.6) is 0 Å². The Bertz CT molecular complexity index is 947. The summed E-state index contributed by atoms with van der Waals surface area (Å²) in [5.74, 6) is 0. The van der Waals surface area contributed by atoms with Gasteiger partial charge >= 0.3 is 0 Å². The second-order valence-corrected chi connectivity index (χ2v) is 6.28. The Morgan fingerprint density at radius 2 is 1.92 bits per heavy atom. The number of pyridine rings is 1. The minimum Gasteiger partial charge on any atom is -0.368 e. The predicted octanol–water partition coefficient (Wildman–Crippen LogP) is 2.42. The third kappa shape index (κ3) is 2.88. The van der Waals surface area contributed by atoms with E-state index in [1.807, 2.05) is 36.5 Å². The molecular weight excluding hydrogens is 324 g/mol. The molecule has 3 aromatic rings. The molecule has 4 rings (SSSR count). The maximum Gasteiger partial charge on any atom is 0.258 e. The van der Waals surface area contributed by atoms with Crippen molar-refractivity contribution in [1.82, 2.24) is 14.7 Å². The molecule has 1 fully saturated rings. The number of anilines is 1. The Kier molecular flexibility index (Phi) is 3.96. The molecule has 1 saturated heterocycles. The lowest BCUT2D eigenvalue weighted by Gasteiger charge is -2.29. The monoisotopic (exact) mass is 340 g/mol.